The standard InChI is InChI=1S/C23H17ClF3N2O3P/c1-33(2,32)17-9-7-16(8-10-17)29-21(30)19(13-3-5-15(24)6-4-13)18-11-14(23(25,26)27)12-28-20(18)22(29)31/h3-12,19H,1-2H3. The molecule has 1 atom stereocenters. The van der Waals surface area contributed by atoms with Crippen LogP contribution < -0.4 is 10.2 Å². The molecule has 0 aliphatic carbocycles. The first kappa shape index (κ1) is 23.2. The number of rotatable bonds is 3. The van der Waals surface area contributed by atoms with Gasteiger partial charge < -0.3 is 4.57 Å². The molecule has 3 aromatic rings. The molecule has 1 unspecified atom stereocenters. The van der Waals surface area contributed by atoms with Crippen molar-refractivity contribution in [2.24, 2.45) is 0 Å². The van der Waals surface area contributed by atoms with Crippen molar-refractivity contribution < 1.29 is 27.3 Å². The van der Waals surface area contributed by atoms with E-state index in [1.54, 1.807) is 25.5 Å². The van der Waals surface area contributed by atoms with Crippen LogP contribution in [0.25, 0.3) is 0 Å². The molecular weight excluding hydrogens is 476 g/mol. The zero-order valence-electron chi connectivity index (χ0n) is 17.4. The van der Waals surface area contributed by atoms with Crippen LogP contribution in [-0.4, -0.2) is 30.1 Å². The van der Waals surface area contributed by atoms with E-state index in [0.29, 0.717) is 22.1 Å². The number of carbonyl (C=O) groups excluding carboxylic acids is 2. The molecule has 1 aliphatic heterocycles. The zero-order chi connectivity index (χ0) is 24.1. The monoisotopic (exact) mass is 492 g/mol. The molecule has 1 aromatic heterocycles. The van der Waals surface area contributed by atoms with Crippen molar-refractivity contribution in [2.45, 2.75) is 12.1 Å². The summed E-state index contributed by atoms with van der Waals surface area (Å²) in [5.74, 6) is -2.76. The van der Waals surface area contributed by atoms with Crippen LogP contribution in [0.2, 0.25) is 5.02 Å². The van der Waals surface area contributed by atoms with E-state index in [0.717, 1.165) is 11.0 Å². The number of halogens is 4. The minimum Gasteiger partial charge on any atom is -0.319 e. The highest BCUT2D eigenvalue weighted by atomic mass is 35.5. The molecule has 0 saturated heterocycles. The summed E-state index contributed by atoms with van der Waals surface area (Å²) < 4.78 is 52.4. The van der Waals surface area contributed by atoms with E-state index in [-0.39, 0.29) is 16.9 Å². The first-order valence-electron chi connectivity index (χ1n) is 9.74. The molecule has 10 heteroatoms. The third kappa shape index (κ3) is 4.33. The number of fused-ring (bicyclic) bond motifs is 1. The van der Waals surface area contributed by atoms with Gasteiger partial charge in [0.05, 0.1) is 17.2 Å². The highest BCUT2D eigenvalue weighted by molar-refractivity contribution is 7.70. The molecule has 0 N–H and O–H groups in total. The third-order valence-electron chi connectivity index (χ3n) is 5.36. The molecule has 2 aromatic carbocycles. The van der Waals surface area contributed by atoms with Crippen molar-refractivity contribution in [2.75, 3.05) is 18.2 Å². The van der Waals surface area contributed by atoms with Crippen molar-refractivity contribution >= 4 is 41.5 Å². The number of hydrogen-bond donors (Lipinski definition) is 0. The highest BCUT2D eigenvalue weighted by Gasteiger charge is 2.43. The maximum Gasteiger partial charge on any atom is 0.417 e. The molecule has 2 amide bonds. The fourth-order valence-electron chi connectivity index (χ4n) is 3.69. The fraction of sp³-hybridized carbons (Fsp3) is 0.174. The lowest BCUT2D eigenvalue weighted by Crippen LogP contribution is -2.46. The molecule has 0 spiro atoms. The second kappa shape index (κ2) is 8.12. The van der Waals surface area contributed by atoms with E-state index in [1.807, 2.05) is 0 Å². The van der Waals surface area contributed by atoms with E-state index in [9.17, 15) is 27.3 Å². The number of benzene rings is 2. The van der Waals surface area contributed by atoms with Gasteiger partial charge in [0.1, 0.15) is 12.8 Å². The normalized spacial score (nSPS) is 16.7. The van der Waals surface area contributed by atoms with Gasteiger partial charge in [-0.1, -0.05) is 23.7 Å². The number of anilines is 1. The Hall–Kier alpha value is -2.96. The number of alkyl halides is 3. The summed E-state index contributed by atoms with van der Waals surface area (Å²) in [7, 11) is -2.57. The Bertz CT molecular complexity index is 1300. The van der Waals surface area contributed by atoms with Gasteiger partial charge in [0.25, 0.3) is 5.91 Å². The summed E-state index contributed by atoms with van der Waals surface area (Å²) in [4.78, 5) is 31.4. The number of carbonyl (C=O) groups is 2. The number of aromatic nitrogens is 1. The van der Waals surface area contributed by atoms with E-state index >= 15 is 0 Å². The van der Waals surface area contributed by atoms with Crippen molar-refractivity contribution in [1.82, 2.24) is 4.98 Å². The maximum atomic E-state index is 13.5. The summed E-state index contributed by atoms with van der Waals surface area (Å²) in [5.41, 5.74) is -0.855. The van der Waals surface area contributed by atoms with Crippen LogP contribution in [0.4, 0.5) is 18.9 Å². The minimum absolute atomic E-state index is 0.123. The first-order valence-corrected chi connectivity index (χ1v) is 12.7. The molecule has 2 heterocycles. The van der Waals surface area contributed by atoms with Gasteiger partial charge in [-0.2, -0.15) is 13.2 Å². The molecule has 33 heavy (non-hydrogen) atoms. The fourth-order valence-corrected chi connectivity index (χ4v) is 4.68. The summed E-state index contributed by atoms with van der Waals surface area (Å²) >= 11 is 5.94. The Labute approximate surface area is 192 Å². The molecule has 0 fully saturated rings. The number of pyridine rings is 1. The van der Waals surface area contributed by atoms with Gasteiger partial charge in [0, 0.05) is 22.1 Å². The predicted molar refractivity (Wildman–Crippen MR) is 120 cm³/mol. The summed E-state index contributed by atoms with van der Waals surface area (Å²) in [5, 5.41) is 0.947. The van der Waals surface area contributed by atoms with Gasteiger partial charge in [-0.25, -0.2) is 4.90 Å². The van der Waals surface area contributed by atoms with Crippen LogP contribution in [-0.2, 0) is 15.5 Å². The maximum absolute atomic E-state index is 13.5. The second-order valence-corrected chi connectivity index (χ2v) is 11.6. The minimum atomic E-state index is -4.69. The van der Waals surface area contributed by atoms with Crippen LogP contribution in [0.5, 0.6) is 0 Å². The van der Waals surface area contributed by atoms with Gasteiger partial charge in [-0.05, 0) is 61.4 Å². The third-order valence-corrected chi connectivity index (χ3v) is 7.16. The first-order chi connectivity index (χ1) is 15.4. The van der Waals surface area contributed by atoms with Gasteiger partial charge in [-0.3, -0.25) is 14.6 Å². The Morgan fingerprint density at radius 1 is 1.00 bits per heavy atom. The van der Waals surface area contributed by atoms with Crippen molar-refractivity contribution in [3.8, 4) is 0 Å². The average molecular weight is 493 g/mol. The lowest BCUT2D eigenvalue weighted by atomic mass is 9.84. The zero-order valence-corrected chi connectivity index (χ0v) is 19.1. The topological polar surface area (TPSA) is 67.3 Å². The number of nitrogens with zero attached hydrogens (tertiary/aromatic N) is 2. The summed E-state index contributed by atoms with van der Waals surface area (Å²) in [6.07, 6.45) is -4.11. The second-order valence-electron chi connectivity index (χ2n) is 7.99. The Balaban J connectivity index is 1.89. The summed E-state index contributed by atoms with van der Waals surface area (Å²) in [6, 6.07) is 13.0. The lowest BCUT2D eigenvalue weighted by molar-refractivity contribution is -0.138. The number of hydrogen-bond acceptors (Lipinski definition) is 4. The van der Waals surface area contributed by atoms with Crippen LogP contribution in [0.1, 0.15) is 33.1 Å². The smallest absolute Gasteiger partial charge is 0.319 e. The van der Waals surface area contributed by atoms with Gasteiger partial charge in [0.2, 0.25) is 5.91 Å². The average Bonchev–Trinajstić information content (AvgIpc) is 2.74. The number of imide groups is 1. The quantitative estimate of drug-likeness (QED) is 0.366. The van der Waals surface area contributed by atoms with Gasteiger partial charge in [0.15, 0.2) is 0 Å². The molecule has 0 bridgehead atoms. The molecule has 4 rings (SSSR count). The summed E-state index contributed by atoms with van der Waals surface area (Å²) in [6.45, 7) is 3.18. The van der Waals surface area contributed by atoms with Crippen molar-refractivity contribution in [1.29, 1.82) is 0 Å². The van der Waals surface area contributed by atoms with E-state index in [4.69, 9.17) is 11.6 Å². The van der Waals surface area contributed by atoms with Crippen LogP contribution in [0, 0.1) is 0 Å². The Kier molecular flexibility index (Phi) is 5.71. The van der Waals surface area contributed by atoms with E-state index in [2.05, 4.69) is 4.98 Å². The number of amides is 2. The Morgan fingerprint density at radius 3 is 2.15 bits per heavy atom. The SMILES string of the molecule is CP(C)(=O)c1ccc(N2C(=O)c3ncc(C(F)(F)F)cc3C(c3ccc(Cl)cc3)C2=O)cc1. The largest absolute Gasteiger partial charge is 0.417 e. The van der Waals surface area contributed by atoms with Gasteiger partial charge in [-0.15, -0.1) is 0 Å². The van der Waals surface area contributed by atoms with E-state index < -0.39 is 36.6 Å². The van der Waals surface area contributed by atoms with Crippen LogP contribution in [0.3, 0.4) is 0 Å². The Morgan fingerprint density at radius 2 is 1.61 bits per heavy atom. The van der Waals surface area contributed by atoms with Crippen molar-refractivity contribution in [3.63, 3.8) is 0 Å². The van der Waals surface area contributed by atoms with Crippen LogP contribution >= 0.6 is 18.7 Å². The van der Waals surface area contributed by atoms with Gasteiger partial charge >= 0.3 is 6.18 Å². The molecular formula is C23H17ClF3N2O3P. The molecule has 170 valence electrons. The van der Waals surface area contributed by atoms with Crippen LogP contribution in [0.15, 0.2) is 60.8 Å². The lowest BCUT2D eigenvalue weighted by Gasteiger charge is -2.32. The van der Waals surface area contributed by atoms with Crippen molar-refractivity contribution in [3.05, 3.63) is 88.2 Å². The molecule has 0 radical (unpaired) electrons. The highest BCUT2D eigenvalue weighted by Crippen LogP contribution is 2.40. The van der Waals surface area contributed by atoms with E-state index in [1.165, 1.54) is 36.4 Å². The molecule has 0 saturated carbocycles. The predicted octanol–water partition coefficient (Wildman–Crippen LogP) is 5.32. The molecule has 1 aliphatic rings. The molecule has 5 nitrogen and oxygen atoms in total.